The van der Waals surface area contributed by atoms with Crippen molar-refractivity contribution in [3.8, 4) is 0 Å². The van der Waals surface area contributed by atoms with Crippen molar-refractivity contribution < 1.29 is 14.3 Å². The summed E-state index contributed by atoms with van der Waals surface area (Å²) in [6.45, 7) is 5.04. The van der Waals surface area contributed by atoms with E-state index in [-0.39, 0.29) is 16.8 Å². The van der Waals surface area contributed by atoms with Gasteiger partial charge in [0.1, 0.15) is 0 Å². The van der Waals surface area contributed by atoms with Gasteiger partial charge in [-0.1, -0.05) is 19.4 Å². The van der Waals surface area contributed by atoms with Crippen LogP contribution in [-0.4, -0.2) is 18.9 Å². The number of methoxy groups -OCH3 is 1. The number of rotatable bonds is 3. The Morgan fingerprint density at radius 3 is 2.61 bits per heavy atom. The number of ether oxygens (including phenoxy) is 1. The molecule has 0 unspecified atom stereocenters. The highest BCUT2D eigenvalue weighted by molar-refractivity contribution is 5.98. The average molecular weight is 385 g/mol. The second-order valence-electron chi connectivity index (χ2n) is 11.3. The summed E-state index contributed by atoms with van der Waals surface area (Å²) in [5.41, 5.74) is 2.17. The third-order valence-electron chi connectivity index (χ3n) is 10.2. The van der Waals surface area contributed by atoms with Gasteiger partial charge in [0.15, 0.2) is 5.78 Å². The molecule has 0 aliphatic heterocycles. The van der Waals surface area contributed by atoms with Crippen molar-refractivity contribution in [2.45, 2.75) is 84.5 Å². The molecular formula is C25H36O3. The SMILES string of the molecule is COC(=O)CC[C@@H]1CC[C@H]2[C@@H]3CCC4=CC(=O)C5(CC5)C[C@]4(C)[C@H]3CC[C@]12C. The van der Waals surface area contributed by atoms with Gasteiger partial charge in [-0.15, -0.1) is 0 Å². The van der Waals surface area contributed by atoms with Crippen molar-refractivity contribution in [3.63, 3.8) is 0 Å². The highest BCUT2D eigenvalue weighted by atomic mass is 16.5. The summed E-state index contributed by atoms with van der Waals surface area (Å²) < 4.78 is 4.90. The van der Waals surface area contributed by atoms with Crippen LogP contribution in [0.1, 0.15) is 84.5 Å². The standard InChI is InChI=1S/C25H36O3/c1-23-11-10-20-18(19(23)8-5-16(23)6-9-22(27)28-3)7-4-17-14-21(26)25(12-13-25)15-24(17,20)2/h14,16,18-20H,4-13,15H2,1-3H3/t16-,18-,19-,20-,23+,24-/m0/s1. The molecule has 4 fully saturated rings. The van der Waals surface area contributed by atoms with Crippen LogP contribution in [0, 0.1) is 39.9 Å². The zero-order valence-corrected chi connectivity index (χ0v) is 17.9. The van der Waals surface area contributed by atoms with Crippen LogP contribution in [-0.2, 0) is 14.3 Å². The number of esters is 1. The zero-order valence-electron chi connectivity index (χ0n) is 17.9. The molecule has 0 aromatic heterocycles. The Labute approximate surface area is 169 Å². The summed E-state index contributed by atoms with van der Waals surface area (Å²) in [6, 6.07) is 0. The molecule has 154 valence electrons. The van der Waals surface area contributed by atoms with Crippen LogP contribution >= 0.6 is 0 Å². The Kier molecular flexibility index (Phi) is 4.17. The Bertz CT molecular complexity index is 732. The van der Waals surface area contributed by atoms with E-state index in [9.17, 15) is 9.59 Å². The van der Waals surface area contributed by atoms with Gasteiger partial charge in [-0.25, -0.2) is 0 Å². The molecule has 0 bridgehead atoms. The Balaban J connectivity index is 1.38. The fraction of sp³-hybridized carbons (Fsp3) is 0.840. The van der Waals surface area contributed by atoms with Gasteiger partial charge < -0.3 is 4.74 Å². The number of allylic oxidation sites excluding steroid dienone is 1. The third-order valence-corrected chi connectivity index (χ3v) is 10.2. The molecule has 0 amide bonds. The van der Waals surface area contributed by atoms with Gasteiger partial charge >= 0.3 is 5.97 Å². The number of carbonyl (C=O) groups excluding carboxylic acids is 2. The lowest BCUT2D eigenvalue weighted by Gasteiger charge is -2.59. The molecule has 5 aliphatic rings. The van der Waals surface area contributed by atoms with Gasteiger partial charge in [-0.05, 0) is 105 Å². The third kappa shape index (κ3) is 2.53. The molecule has 0 heterocycles. The van der Waals surface area contributed by atoms with E-state index in [1.807, 2.05) is 0 Å². The molecule has 28 heavy (non-hydrogen) atoms. The van der Waals surface area contributed by atoms with E-state index < -0.39 is 0 Å². The van der Waals surface area contributed by atoms with Gasteiger partial charge in [0.25, 0.3) is 0 Å². The molecule has 5 aliphatic carbocycles. The van der Waals surface area contributed by atoms with Crippen LogP contribution in [0.25, 0.3) is 0 Å². The summed E-state index contributed by atoms with van der Waals surface area (Å²) in [6.07, 6.45) is 14.7. The lowest BCUT2D eigenvalue weighted by molar-refractivity contribution is -0.141. The van der Waals surface area contributed by atoms with Gasteiger partial charge in [-0.2, -0.15) is 0 Å². The van der Waals surface area contributed by atoms with Crippen molar-refractivity contribution in [1.82, 2.24) is 0 Å². The molecule has 1 spiro atoms. The van der Waals surface area contributed by atoms with E-state index in [2.05, 4.69) is 19.9 Å². The van der Waals surface area contributed by atoms with E-state index >= 15 is 0 Å². The van der Waals surface area contributed by atoms with E-state index in [0.717, 1.165) is 49.9 Å². The fourth-order valence-corrected chi connectivity index (χ4v) is 8.46. The summed E-state index contributed by atoms with van der Waals surface area (Å²) >= 11 is 0. The van der Waals surface area contributed by atoms with E-state index in [1.54, 1.807) is 0 Å². The number of hydrogen-bond acceptors (Lipinski definition) is 3. The zero-order chi connectivity index (χ0) is 19.7. The van der Waals surface area contributed by atoms with Crippen LogP contribution in [0.15, 0.2) is 11.6 Å². The quantitative estimate of drug-likeness (QED) is 0.605. The minimum absolute atomic E-state index is 0.0274. The molecule has 6 atom stereocenters. The maximum atomic E-state index is 12.6. The van der Waals surface area contributed by atoms with Crippen LogP contribution in [0.4, 0.5) is 0 Å². The fourth-order valence-electron chi connectivity index (χ4n) is 8.46. The molecule has 4 saturated carbocycles. The second-order valence-corrected chi connectivity index (χ2v) is 11.3. The average Bonchev–Trinajstić information content (AvgIpc) is 3.35. The minimum atomic E-state index is -0.0534. The number of ketones is 1. The van der Waals surface area contributed by atoms with Crippen molar-refractivity contribution >= 4 is 11.8 Å². The number of carbonyl (C=O) groups is 2. The lowest BCUT2D eigenvalue weighted by Crippen LogP contribution is -2.51. The normalized spacial score (nSPS) is 45.7. The van der Waals surface area contributed by atoms with Crippen LogP contribution in [0.5, 0.6) is 0 Å². The molecule has 0 N–H and O–H groups in total. The lowest BCUT2D eigenvalue weighted by atomic mass is 9.45. The maximum absolute atomic E-state index is 12.6. The second kappa shape index (κ2) is 6.19. The van der Waals surface area contributed by atoms with Crippen LogP contribution in [0.2, 0.25) is 0 Å². The molecule has 0 radical (unpaired) electrons. The van der Waals surface area contributed by atoms with E-state index in [1.165, 1.54) is 44.8 Å². The summed E-state index contributed by atoms with van der Waals surface area (Å²) in [5.74, 6) is 3.44. The monoisotopic (exact) mass is 384 g/mol. The van der Waals surface area contributed by atoms with Gasteiger partial charge in [0.05, 0.1) is 7.11 Å². The first-order chi connectivity index (χ1) is 13.3. The van der Waals surface area contributed by atoms with Crippen molar-refractivity contribution in [3.05, 3.63) is 11.6 Å². The minimum Gasteiger partial charge on any atom is -0.469 e. The predicted molar refractivity (Wildman–Crippen MR) is 109 cm³/mol. The molecular weight excluding hydrogens is 348 g/mol. The topological polar surface area (TPSA) is 43.4 Å². The number of hydrogen-bond donors (Lipinski definition) is 0. The van der Waals surface area contributed by atoms with Crippen LogP contribution < -0.4 is 0 Å². The Hall–Kier alpha value is -1.12. The smallest absolute Gasteiger partial charge is 0.305 e. The first-order valence-corrected chi connectivity index (χ1v) is 11.6. The molecule has 5 rings (SSSR count). The molecule has 3 heteroatoms. The highest BCUT2D eigenvalue weighted by Gasteiger charge is 2.63. The molecule has 3 nitrogen and oxygen atoms in total. The van der Waals surface area contributed by atoms with Gasteiger partial charge in [0, 0.05) is 11.8 Å². The molecule has 0 aromatic carbocycles. The highest BCUT2D eigenvalue weighted by Crippen LogP contribution is 2.70. The first kappa shape index (κ1) is 18.9. The van der Waals surface area contributed by atoms with Crippen molar-refractivity contribution in [2.75, 3.05) is 7.11 Å². The Morgan fingerprint density at radius 1 is 1.11 bits per heavy atom. The Morgan fingerprint density at radius 2 is 1.89 bits per heavy atom. The van der Waals surface area contributed by atoms with Crippen molar-refractivity contribution in [1.29, 1.82) is 0 Å². The molecule has 0 saturated heterocycles. The summed E-state index contributed by atoms with van der Waals surface area (Å²) in [5, 5.41) is 0. The van der Waals surface area contributed by atoms with Gasteiger partial charge in [-0.3, -0.25) is 9.59 Å². The van der Waals surface area contributed by atoms with Crippen molar-refractivity contribution in [2.24, 2.45) is 39.9 Å². The predicted octanol–water partition coefficient (Wildman–Crippen LogP) is 5.48. The van der Waals surface area contributed by atoms with E-state index in [4.69, 9.17) is 4.74 Å². The summed E-state index contributed by atoms with van der Waals surface area (Å²) in [7, 11) is 1.50. The first-order valence-electron chi connectivity index (χ1n) is 11.6. The largest absolute Gasteiger partial charge is 0.469 e. The summed E-state index contributed by atoms with van der Waals surface area (Å²) in [4.78, 5) is 24.3. The van der Waals surface area contributed by atoms with Gasteiger partial charge in [0.2, 0.25) is 0 Å². The van der Waals surface area contributed by atoms with E-state index in [0.29, 0.717) is 23.5 Å². The van der Waals surface area contributed by atoms with Crippen LogP contribution in [0.3, 0.4) is 0 Å². The number of fused-ring (bicyclic) bond motifs is 5. The molecule has 0 aromatic rings. The maximum Gasteiger partial charge on any atom is 0.305 e.